The van der Waals surface area contributed by atoms with E-state index in [1.165, 1.54) is 0 Å². The van der Waals surface area contributed by atoms with Crippen molar-refractivity contribution in [2.75, 3.05) is 19.8 Å². The molecule has 0 saturated carbocycles. The largest absolute Gasteiger partial charge is 0.477 e. The van der Waals surface area contributed by atoms with Crippen LogP contribution in [0.5, 0.6) is 0 Å². The van der Waals surface area contributed by atoms with Crippen molar-refractivity contribution in [3.63, 3.8) is 0 Å². The summed E-state index contributed by atoms with van der Waals surface area (Å²) in [7, 11) is -5.78. The maximum atomic E-state index is 12.4. The maximum Gasteiger partial charge on any atom is 0.477 e. The van der Waals surface area contributed by atoms with Crippen molar-refractivity contribution in [1.82, 2.24) is 0 Å². The van der Waals surface area contributed by atoms with Crippen LogP contribution in [0, 0.1) is 0 Å². The molecule has 128 valence electrons. The van der Waals surface area contributed by atoms with Gasteiger partial charge in [0.15, 0.2) is 14.6 Å². The SMILES string of the molecule is CCOP(=O)(OCC)OC(CCO)O[Si](C)(C)C(C)(C)C. The second kappa shape index (κ2) is 8.77. The lowest BCUT2D eigenvalue weighted by Gasteiger charge is -2.39. The van der Waals surface area contributed by atoms with E-state index in [1.54, 1.807) is 13.8 Å². The van der Waals surface area contributed by atoms with Gasteiger partial charge in [-0.3, -0.25) is 13.6 Å². The third kappa shape index (κ3) is 7.37. The topological polar surface area (TPSA) is 74.2 Å². The molecule has 0 aromatic heterocycles. The lowest BCUT2D eigenvalue weighted by atomic mass is 10.2. The summed E-state index contributed by atoms with van der Waals surface area (Å²) in [6.45, 7) is 14.1. The lowest BCUT2D eigenvalue weighted by molar-refractivity contribution is -0.0494. The van der Waals surface area contributed by atoms with Crippen LogP contribution in [-0.4, -0.2) is 39.5 Å². The predicted molar refractivity (Wildman–Crippen MR) is 85.7 cm³/mol. The number of rotatable bonds is 10. The molecule has 1 unspecified atom stereocenters. The highest BCUT2D eigenvalue weighted by Gasteiger charge is 2.41. The van der Waals surface area contributed by atoms with Gasteiger partial charge < -0.3 is 9.53 Å². The third-order valence-electron chi connectivity index (χ3n) is 3.42. The summed E-state index contributed by atoms with van der Waals surface area (Å²) >= 11 is 0. The van der Waals surface area contributed by atoms with E-state index in [9.17, 15) is 9.67 Å². The van der Waals surface area contributed by atoms with Crippen molar-refractivity contribution in [3.05, 3.63) is 0 Å². The van der Waals surface area contributed by atoms with E-state index in [4.69, 9.17) is 18.0 Å². The van der Waals surface area contributed by atoms with Gasteiger partial charge in [0.1, 0.15) is 0 Å². The molecule has 0 amide bonds. The molecule has 0 fully saturated rings. The third-order valence-corrected chi connectivity index (χ3v) is 9.52. The van der Waals surface area contributed by atoms with Crippen molar-refractivity contribution in [1.29, 1.82) is 0 Å². The molecule has 0 spiro atoms. The summed E-state index contributed by atoms with van der Waals surface area (Å²) in [4.78, 5) is 0. The Morgan fingerprint density at radius 3 is 1.95 bits per heavy atom. The van der Waals surface area contributed by atoms with Crippen LogP contribution < -0.4 is 0 Å². The first-order valence-corrected chi connectivity index (χ1v) is 11.7. The van der Waals surface area contributed by atoms with Crippen LogP contribution in [0.25, 0.3) is 0 Å². The Labute approximate surface area is 129 Å². The zero-order chi connectivity index (χ0) is 16.7. The summed E-state index contributed by atoms with van der Waals surface area (Å²) in [5, 5.41) is 9.15. The number of hydrogen-bond acceptors (Lipinski definition) is 6. The summed E-state index contributed by atoms with van der Waals surface area (Å²) < 4.78 is 34.2. The molecule has 0 aliphatic heterocycles. The highest BCUT2D eigenvalue weighted by Crippen LogP contribution is 2.51. The smallest absolute Gasteiger partial charge is 0.396 e. The second-order valence-electron chi connectivity index (χ2n) is 6.21. The normalized spacial score (nSPS) is 15.2. The second-order valence-corrected chi connectivity index (χ2v) is 12.6. The Balaban J connectivity index is 5.01. The first kappa shape index (κ1) is 21.2. The minimum Gasteiger partial charge on any atom is -0.396 e. The fourth-order valence-electron chi connectivity index (χ4n) is 1.30. The molecule has 0 saturated heterocycles. The highest BCUT2D eigenvalue weighted by atomic mass is 31.2. The van der Waals surface area contributed by atoms with Crippen LogP contribution >= 0.6 is 7.82 Å². The quantitative estimate of drug-likeness (QED) is 0.368. The molecule has 1 N–H and O–H groups in total. The van der Waals surface area contributed by atoms with Crippen molar-refractivity contribution in [2.45, 2.75) is 65.5 Å². The first-order chi connectivity index (χ1) is 9.51. The average molecular weight is 342 g/mol. The number of phosphoric acid groups is 1. The van der Waals surface area contributed by atoms with Crippen LogP contribution in [0.1, 0.15) is 41.0 Å². The fourth-order valence-corrected chi connectivity index (χ4v) is 3.83. The van der Waals surface area contributed by atoms with Crippen LogP contribution in [0.3, 0.4) is 0 Å². The van der Waals surface area contributed by atoms with Gasteiger partial charge in [-0.25, -0.2) is 4.57 Å². The van der Waals surface area contributed by atoms with E-state index >= 15 is 0 Å². The minimum absolute atomic E-state index is 0.0225. The van der Waals surface area contributed by atoms with E-state index in [0.717, 1.165) is 0 Å². The molecule has 0 radical (unpaired) electrons. The Morgan fingerprint density at radius 1 is 1.14 bits per heavy atom. The molecular formula is C13H31O6PSi. The number of hydrogen-bond donors (Lipinski definition) is 1. The van der Waals surface area contributed by atoms with Gasteiger partial charge in [-0.05, 0) is 32.0 Å². The van der Waals surface area contributed by atoms with Gasteiger partial charge >= 0.3 is 7.82 Å². The van der Waals surface area contributed by atoms with Crippen molar-refractivity contribution in [2.24, 2.45) is 0 Å². The molecule has 8 heteroatoms. The lowest BCUT2D eigenvalue weighted by Crippen LogP contribution is -2.44. The van der Waals surface area contributed by atoms with Crippen molar-refractivity contribution in [3.8, 4) is 0 Å². The molecule has 0 rings (SSSR count). The Kier molecular flexibility index (Phi) is 8.87. The van der Waals surface area contributed by atoms with E-state index in [2.05, 4.69) is 33.9 Å². The average Bonchev–Trinajstić information content (AvgIpc) is 2.27. The van der Waals surface area contributed by atoms with Crippen molar-refractivity contribution < 1.29 is 27.7 Å². The van der Waals surface area contributed by atoms with Crippen LogP contribution in [-0.2, 0) is 22.6 Å². The summed E-state index contributed by atoms with van der Waals surface area (Å²) in [6.07, 6.45) is -0.587. The summed E-state index contributed by atoms with van der Waals surface area (Å²) in [6, 6.07) is 0. The molecule has 21 heavy (non-hydrogen) atoms. The Hall–Kier alpha value is 0.247. The van der Waals surface area contributed by atoms with Crippen molar-refractivity contribution >= 4 is 16.1 Å². The Bertz CT molecular complexity index is 332. The van der Waals surface area contributed by atoms with Gasteiger partial charge in [-0.2, -0.15) is 0 Å². The molecule has 0 heterocycles. The zero-order valence-electron chi connectivity index (χ0n) is 14.3. The number of phosphoric ester groups is 1. The molecular weight excluding hydrogens is 311 g/mol. The van der Waals surface area contributed by atoms with Gasteiger partial charge in [0, 0.05) is 13.0 Å². The molecule has 0 aromatic rings. The van der Waals surface area contributed by atoms with Gasteiger partial charge in [0.05, 0.1) is 13.2 Å². The number of aliphatic hydroxyl groups excluding tert-OH is 1. The molecule has 0 aliphatic rings. The standard InChI is InChI=1S/C13H31O6PSi/c1-8-16-20(15,17-9-2)18-12(10-11-14)19-21(6,7)13(3,4)5/h12,14H,8-11H2,1-7H3. The van der Waals surface area contributed by atoms with E-state index in [-0.39, 0.29) is 31.3 Å². The highest BCUT2D eigenvalue weighted by molar-refractivity contribution is 7.48. The summed E-state index contributed by atoms with van der Waals surface area (Å²) in [5.74, 6) is 0. The van der Waals surface area contributed by atoms with E-state index in [1.807, 2.05) is 0 Å². The van der Waals surface area contributed by atoms with Gasteiger partial charge in [-0.15, -0.1) is 0 Å². The Morgan fingerprint density at radius 2 is 1.62 bits per heavy atom. The van der Waals surface area contributed by atoms with Crippen LogP contribution in [0.2, 0.25) is 18.1 Å². The molecule has 6 nitrogen and oxygen atoms in total. The molecule has 0 aliphatic carbocycles. The molecule has 0 aromatic carbocycles. The first-order valence-electron chi connectivity index (χ1n) is 7.37. The molecule has 1 atom stereocenters. The van der Waals surface area contributed by atoms with Crippen LogP contribution in [0.4, 0.5) is 0 Å². The molecule has 0 bridgehead atoms. The number of aliphatic hydroxyl groups is 1. The van der Waals surface area contributed by atoms with Crippen LogP contribution in [0.15, 0.2) is 0 Å². The van der Waals surface area contributed by atoms with Gasteiger partial charge in [-0.1, -0.05) is 20.8 Å². The fraction of sp³-hybridized carbons (Fsp3) is 1.00. The van der Waals surface area contributed by atoms with Gasteiger partial charge in [0.25, 0.3) is 0 Å². The van der Waals surface area contributed by atoms with E-state index in [0.29, 0.717) is 0 Å². The zero-order valence-corrected chi connectivity index (χ0v) is 16.2. The maximum absolute atomic E-state index is 12.4. The van der Waals surface area contributed by atoms with E-state index < -0.39 is 22.4 Å². The predicted octanol–water partition coefficient (Wildman–Crippen LogP) is 3.91. The monoisotopic (exact) mass is 342 g/mol. The summed E-state index contributed by atoms with van der Waals surface area (Å²) in [5.41, 5.74) is 0. The van der Waals surface area contributed by atoms with Gasteiger partial charge in [0.2, 0.25) is 0 Å². The minimum atomic E-state index is -3.66.